The molecule has 0 rings (SSSR count). The van der Waals surface area contributed by atoms with Crippen molar-refractivity contribution < 1.29 is 0 Å². The van der Waals surface area contributed by atoms with Gasteiger partial charge >= 0.3 is 0 Å². The van der Waals surface area contributed by atoms with Gasteiger partial charge in [-0.1, -0.05) is 0 Å². The van der Waals surface area contributed by atoms with Crippen LogP contribution < -0.4 is 5.32 Å². The molecule has 0 amide bonds. The lowest BCUT2D eigenvalue weighted by molar-refractivity contribution is 0.397. The molecule has 1 unspecified atom stereocenters. The predicted molar refractivity (Wildman–Crippen MR) is 42.5 cm³/mol. The first-order valence-corrected chi connectivity index (χ1v) is 3.54. The van der Waals surface area contributed by atoms with Crippen molar-refractivity contribution in [3.63, 3.8) is 0 Å². The summed E-state index contributed by atoms with van der Waals surface area (Å²) in [7, 11) is 0. The molecule has 3 nitrogen and oxygen atoms in total. The van der Waals surface area contributed by atoms with Gasteiger partial charge in [0.2, 0.25) is 0 Å². The van der Waals surface area contributed by atoms with Gasteiger partial charge in [-0.2, -0.15) is 10.5 Å². The highest BCUT2D eigenvalue weighted by molar-refractivity contribution is 4.98. The molecule has 0 aromatic carbocycles. The summed E-state index contributed by atoms with van der Waals surface area (Å²) in [5.74, 6) is 0. The molecule has 0 radical (unpaired) electrons. The van der Waals surface area contributed by atoms with Gasteiger partial charge in [-0.05, 0) is 20.8 Å². The number of rotatable bonds is 2. The normalized spacial score (nSPS) is 13.2. The molecule has 3 heteroatoms. The Morgan fingerprint density at radius 2 is 1.91 bits per heavy atom. The van der Waals surface area contributed by atoms with Crippen molar-refractivity contribution >= 4 is 0 Å². The van der Waals surface area contributed by atoms with Crippen LogP contribution in [0.4, 0.5) is 0 Å². The molecule has 11 heavy (non-hydrogen) atoms. The fourth-order valence-electron chi connectivity index (χ4n) is 0.743. The molecule has 0 aromatic heterocycles. The monoisotopic (exact) mass is 151 g/mol. The van der Waals surface area contributed by atoms with Crippen LogP contribution in [0.15, 0.2) is 0 Å². The van der Waals surface area contributed by atoms with Gasteiger partial charge in [0, 0.05) is 5.54 Å². The highest BCUT2D eigenvalue weighted by atomic mass is 15.0. The van der Waals surface area contributed by atoms with E-state index in [-0.39, 0.29) is 18.0 Å². The average Bonchev–Trinajstić information content (AvgIpc) is 1.84. The van der Waals surface area contributed by atoms with E-state index in [9.17, 15) is 0 Å². The Hall–Kier alpha value is -1.06. The summed E-state index contributed by atoms with van der Waals surface area (Å²) in [6.45, 7) is 5.90. The van der Waals surface area contributed by atoms with E-state index >= 15 is 0 Å². The van der Waals surface area contributed by atoms with Gasteiger partial charge in [-0.15, -0.1) is 0 Å². The number of nitrogens with zero attached hydrogens (tertiary/aromatic N) is 2. The van der Waals surface area contributed by atoms with Crippen LogP contribution in [-0.4, -0.2) is 11.6 Å². The third-order valence-corrected chi connectivity index (χ3v) is 1.06. The summed E-state index contributed by atoms with van der Waals surface area (Å²) in [5.41, 5.74) is -0.1000. The molecule has 0 saturated heterocycles. The van der Waals surface area contributed by atoms with Crippen LogP contribution in [0.1, 0.15) is 27.2 Å². The van der Waals surface area contributed by atoms with Crippen molar-refractivity contribution in [2.45, 2.75) is 38.8 Å². The second-order valence-corrected chi connectivity index (χ2v) is 3.44. The Morgan fingerprint density at radius 1 is 1.36 bits per heavy atom. The number of nitriles is 2. The molecule has 0 bridgehead atoms. The Labute approximate surface area is 67.6 Å². The molecular formula is C8H13N3. The van der Waals surface area contributed by atoms with E-state index in [4.69, 9.17) is 10.5 Å². The molecule has 0 fully saturated rings. The van der Waals surface area contributed by atoms with E-state index < -0.39 is 0 Å². The third-order valence-electron chi connectivity index (χ3n) is 1.06. The first-order valence-electron chi connectivity index (χ1n) is 3.54. The van der Waals surface area contributed by atoms with Gasteiger partial charge in [0.15, 0.2) is 0 Å². The topological polar surface area (TPSA) is 59.6 Å². The van der Waals surface area contributed by atoms with E-state index in [1.807, 2.05) is 32.9 Å². The van der Waals surface area contributed by atoms with E-state index in [0.29, 0.717) is 0 Å². The molecule has 0 aliphatic heterocycles. The summed E-state index contributed by atoms with van der Waals surface area (Å²) < 4.78 is 0. The minimum atomic E-state index is -0.347. The van der Waals surface area contributed by atoms with Crippen molar-refractivity contribution in [1.82, 2.24) is 5.32 Å². The van der Waals surface area contributed by atoms with E-state index in [2.05, 4.69) is 5.32 Å². The number of hydrogen-bond donors (Lipinski definition) is 1. The molecule has 1 atom stereocenters. The zero-order valence-corrected chi connectivity index (χ0v) is 7.18. The van der Waals surface area contributed by atoms with Crippen molar-refractivity contribution in [2.75, 3.05) is 0 Å². The lowest BCUT2D eigenvalue weighted by Gasteiger charge is -2.22. The minimum Gasteiger partial charge on any atom is -0.296 e. The van der Waals surface area contributed by atoms with Crippen molar-refractivity contribution in [2.24, 2.45) is 0 Å². The van der Waals surface area contributed by atoms with Gasteiger partial charge in [-0.3, -0.25) is 5.32 Å². The summed E-state index contributed by atoms with van der Waals surface area (Å²) in [6, 6.07) is 3.63. The van der Waals surface area contributed by atoms with Crippen LogP contribution >= 0.6 is 0 Å². The van der Waals surface area contributed by atoms with Crippen molar-refractivity contribution in [3.05, 3.63) is 0 Å². The Bertz CT molecular complexity index is 189. The zero-order chi connectivity index (χ0) is 8.91. The molecule has 0 heterocycles. The molecule has 0 spiro atoms. The van der Waals surface area contributed by atoms with Crippen LogP contribution in [0.5, 0.6) is 0 Å². The maximum absolute atomic E-state index is 8.56. The standard InChI is InChI=1S/C8H13N3/c1-8(2,3)11-7(6-10)4-5-9/h7,11H,4H2,1-3H3. The maximum atomic E-state index is 8.56. The van der Waals surface area contributed by atoms with Crippen LogP contribution in [0.2, 0.25) is 0 Å². The second kappa shape index (κ2) is 3.95. The molecule has 0 aliphatic carbocycles. The van der Waals surface area contributed by atoms with E-state index in [1.54, 1.807) is 0 Å². The minimum absolute atomic E-state index is 0.1000. The predicted octanol–water partition coefficient (Wildman–Crippen LogP) is 1.18. The Morgan fingerprint density at radius 3 is 2.18 bits per heavy atom. The van der Waals surface area contributed by atoms with Gasteiger partial charge in [0.05, 0.1) is 18.6 Å². The SMILES string of the molecule is CC(C)(C)NC(C#N)CC#N. The Balaban J connectivity index is 3.93. The average molecular weight is 151 g/mol. The molecule has 0 aliphatic rings. The molecule has 1 N–H and O–H groups in total. The summed E-state index contributed by atoms with van der Waals surface area (Å²) in [5, 5.41) is 19.9. The largest absolute Gasteiger partial charge is 0.296 e. The second-order valence-electron chi connectivity index (χ2n) is 3.44. The highest BCUT2D eigenvalue weighted by Crippen LogP contribution is 2.02. The lowest BCUT2D eigenvalue weighted by Crippen LogP contribution is -2.42. The van der Waals surface area contributed by atoms with Crippen molar-refractivity contribution in [1.29, 1.82) is 10.5 Å². The first-order chi connectivity index (χ1) is 4.99. The van der Waals surface area contributed by atoms with Gasteiger partial charge < -0.3 is 0 Å². The highest BCUT2D eigenvalue weighted by Gasteiger charge is 2.15. The maximum Gasteiger partial charge on any atom is 0.109 e. The fraction of sp³-hybridized carbons (Fsp3) is 0.750. The summed E-state index contributed by atoms with van der Waals surface area (Å²) in [4.78, 5) is 0. The first kappa shape index (κ1) is 9.94. The van der Waals surface area contributed by atoms with Crippen molar-refractivity contribution in [3.8, 4) is 12.1 Å². The molecule has 0 saturated carbocycles. The van der Waals surface area contributed by atoms with Gasteiger partial charge in [0.25, 0.3) is 0 Å². The van der Waals surface area contributed by atoms with Crippen LogP contribution in [0.3, 0.4) is 0 Å². The quantitative estimate of drug-likeness (QED) is 0.644. The van der Waals surface area contributed by atoms with Crippen LogP contribution in [0.25, 0.3) is 0 Å². The summed E-state index contributed by atoms with van der Waals surface area (Å²) >= 11 is 0. The third kappa shape index (κ3) is 5.39. The van der Waals surface area contributed by atoms with E-state index in [1.165, 1.54) is 0 Å². The molecular weight excluding hydrogens is 138 g/mol. The Kier molecular flexibility index (Phi) is 3.57. The smallest absolute Gasteiger partial charge is 0.109 e. The molecule has 60 valence electrons. The fourth-order valence-corrected chi connectivity index (χ4v) is 0.743. The van der Waals surface area contributed by atoms with Gasteiger partial charge in [0.1, 0.15) is 6.04 Å². The van der Waals surface area contributed by atoms with Crippen LogP contribution in [-0.2, 0) is 0 Å². The number of hydrogen-bond acceptors (Lipinski definition) is 3. The summed E-state index contributed by atoms with van der Waals surface area (Å²) in [6.07, 6.45) is 0.244. The number of nitrogens with one attached hydrogen (secondary N) is 1. The zero-order valence-electron chi connectivity index (χ0n) is 7.18. The van der Waals surface area contributed by atoms with Gasteiger partial charge in [-0.25, -0.2) is 0 Å². The van der Waals surface area contributed by atoms with E-state index in [0.717, 1.165) is 0 Å². The van der Waals surface area contributed by atoms with Crippen LogP contribution in [0, 0.1) is 22.7 Å². The lowest BCUT2D eigenvalue weighted by atomic mass is 10.1. The molecule has 0 aromatic rings.